The Morgan fingerprint density at radius 3 is 2.25 bits per heavy atom. The van der Waals surface area contributed by atoms with Gasteiger partial charge in [0, 0.05) is 4.92 Å². The average Bonchev–Trinajstić information content (AvgIpc) is 2.61. The molecule has 0 bridgehead atoms. The lowest BCUT2D eigenvalue weighted by Crippen LogP contribution is -2.24. The summed E-state index contributed by atoms with van der Waals surface area (Å²) in [5.74, 6) is 0. The van der Waals surface area contributed by atoms with E-state index in [-0.39, 0.29) is 5.69 Å². The van der Waals surface area contributed by atoms with Gasteiger partial charge in [0.25, 0.3) is 6.67 Å². The van der Waals surface area contributed by atoms with Gasteiger partial charge in [0.05, 0.1) is 10.6 Å². The predicted octanol–water partition coefficient (Wildman–Crippen LogP) is 1.09. The molecular formula is C11H10N4O5. The highest BCUT2D eigenvalue weighted by atomic mass is 16.6. The maximum atomic E-state index is 12.1. The summed E-state index contributed by atoms with van der Waals surface area (Å²) in [6.07, 6.45) is 0. The molecule has 1 aromatic carbocycles. The van der Waals surface area contributed by atoms with E-state index >= 15 is 0 Å². The molecule has 0 aliphatic heterocycles. The van der Waals surface area contributed by atoms with Crippen LogP contribution in [-0.4, -0.2) is 19.2 Å². The number of hydrogen-bond acceptors (Lipinski definition) is 5. The van der Waals surface area contributed by atoms with E-state index in [9.17, 15) is 25.0 Å². The zero-order chi connectivity index (χ0) is 14.9. The minimum atomic E-state index is -0.888. The predicted molar refractivity (Wildman–Crippen MR) is 68.4 cm³/mol. The van der Waals surface area contributed by atoms with Gasteiger partial charge in [0.1, 0.15) is 5.69 Å². The molecule has 1 aromatic heterocycles. The number of aromatic nitrogens is 2. The molecule has 0 atom stereocenters. The molecule has 0 fully saturated rings. The summed E-state index contributed by atoms with van der Waals surface area (Å²) in [6, 6.07) is 8.05. The number of rotatable bonds is 4. The maximum Gasteiger partial charge on any atom is 0.356 e. The summed E-state index contributed by atoms with van der Waals surface area (Å²) in [5, 5.41) is 21.6. The lowest BCUT2D eigenvalue weighted by atomic mass is 10.3. The van der Waals surface area contributed by atoms with Gasteiger partial charge < -0.3 is 0 Å². The van der Waals surface area contributed by atoms with E-state index in [1.807, 2.05) is 0 Å². The summed E-state index contributed by atoms with van der Waals surface area (Å²) in [7, 11) is 0. The van der Waals surface area contributed by atoms with Crippen molar-refractivity contribution in [1.29, 1.82) is 0 Å². The number of nitrogens with zero attached hydrogens (tertiary/aromatic N) is 4. The molecule has 0 spiro atoms. The van der Waals surface area contributed by atoms with Gasteiger partial charge in [-0.1, -0.05) is 18.2 Å². The molecule has 104 valence electrons. The fourth-order valence-corrected chi connectivity index (χ4v) is 1.95. The van der Waals surface area contributed by atoms with Crippen LogP contribution in [-0.2, 0) is 6.67 Å². The fourth-order valence-electron chi connectivity index (χ4n) is 1.95. The van der Waals surface area contributed by atoms with Gasteiger partial charge in [-0.05, 0) is 19.1 Å². The van der Waals surface area contributed by atoms with Crippen molar-refractivity contribution in [3.8, 4) is 5.69 Å². The maximum absolute atomic E-state index is 12.1. The fraction of sp³-hybridized carbons (Fsp3) is 0.182. The van der Waals surface area contributed by atoms with Crippen molar-refractivity contribution in [1.82, 2.24) is 9.36 Å². The minimum absolute atomic E-state index is 0.0550. The third-order valence-corrected chi connectivity index (χ3v) is 2.80. The van der Waals surface area contributed by atoms with E-state index in [0.717, 1.165) is 9.36 Å². The summed E-state index contributed by atoms with van der Waals surface area (Å²) < 4.78 is 1.92. The third-order valence-electron chi connectivity index (χ3n) is 2.80. The van der Waals surface area contributed by atoms with Crippen LogP contribution in [0.25, 0.3) is 5.69 Å². The lowest BCUT2D eigenvalue weighted by Gasteiger charge is -2.08. The summed E-state index contributed by atoms with van der Waals surface area (Å²) in [5.41, 5.74) is -1.27. The molecule has 9 nitrogen and oxygen atoms in total. The second-order valence-electron chi connectivity index (χ2n) is 4.02. The average molecular weight is 278 g/mol. The molecule has 0 aliphatic rings. The molecule has 0 aliphatic carbocycles. The molecule has 0 N–H and O–H groups in total. The van der Waals surface area contributed by atoms with Crippen molar-refractivity contribution in [2.45, 2.75) is 13.6 Å². The molecular weight excluding hydrogens is 268 g/mol. The molecule has 20 heavy (non-hydrogen) atoms. The Labute approximate surface area is 112 Å². The van der Waals surface area contributed by atoms with Crippen LogP contribution in [0.5, 0.6) is 0 Å². The van der Waals surface area contributed by atoms with Crippen molar-refractivity contribution in [3.05, 3.63) is 66.6 Å². The first kappa shape index (κ1) is 13.5. The van der Waals surface area contributed by atoms with E-state index in [4.69, 9.17) is 0 Å². The topological polar surface area (TPSA) is 113 Å². The van der Waals surface area contributed by atoms with Crippen molar-refractivity contribution in [2.24, 2.45) is 0 Å². The Bertz CT molecular complexity index is 731. The van der Waals surface area contributed by atoms with Crippen molar-refractivity contribution in [2.75, 3.05) is 0 Å². The molecule has 0 amide bonds. The van der Waals surface area contributed by atoms with Gasteiger partial charge >= 0.3 is 11.2 Å². The Morgan fingerprint density at radius 1 is 1.15 bits per heavy atom. The van der Waals surface area contributed by atoms with E-state index in [2.05, 4.69) is 0 Å². The molecule has 0 saturated heterocycles. The number of para-hydroxylation sites is 1. The second kappa shape index (κ2) is 4.96. The summed E-state index contributed by atoms with van der Waals surface area (Å²) in [4.78, 5) is 32.3. The van der Waals surface area contributed by atoms with Crippen LogP contribution >= 0.6 is 0 Å². The zero-order valence-corrected chi connectivity index (χ0v) is 10.4. The molecule has 1 heterocycles. The van der Waals surface area contributed by atoms with E-state index in [0.29, 0.717) is 5.69 Å². The molecule has 0 saturated carbocycles. The highest BCUT2D eigenvalue weighted by Gasteiger charge is 2.28. The molecule has 9 heteroatoms. The molecule has 2 aromatic rings. The summed E-state index contributed by atoms with van der Waals surface area (Å²) in [6.45, 7) is 0.576. The zero-order valence-electron chi connectivity index (χ0n) is 10.4. The quantitative estimate of drug-likeness (QED) is 0.613. The molecule has 0 unspecified atom stereocenters. The lowest BCUT2D eigenvalue weighted by molar-refractivity contribution is -0.516. The number of nitro groups is 2. The highest BCUT2D eigenvalue weighted by Crippen LogP contribution is 2.16. The first-order valence-electron chi connectivity index (χ1n) is 5.57. The Kier molecular flexibility index (Phi) is 3.34. The minimum Gasteiger partial charge on any atom is -0.263 e. The van der Waals surface area contributed by atoms with Gasteiger partial charge in [-0.2, -0.15) is 0 Å². The largest absolute Gasteiger partial charge is 0.356 e. The standard InChI is InChI=1S/C11H10N4O5/c1-8-10(15(19)20)11(16)14(12(8)7-13(17)18)9-5-3-2-4-6-9/h2-6H,7H2,1H3. The van der Waals surface area contributed by atoms with Crippen molar-refractivity contribution >= 4 is 5.69 Å². The van der Waals surface area contributed by atoms with Crippen molar-refractivity contribution < 1.29 is 9.85 Å². The van der Waals surface area contributed by atoms with Gasteiger partial charge in [-0.25, -0.2) is 9.36 Å². The van der Waals surface area contributed by atoms with E-state index in [1.165, 1.54) is 6.92 Å². The smallest absolute Gasteiger partial charge is 0.263 e. The normalized spacial score (nSPS) is 10.4. The van der Waals surface area contributed by atoms with Crippen LogP contribution < -0.4 is 5.56 Å². The molecule has 2 rings (SSSR count). The first-order chi connectivity index (χ1) is 9.43. The number of hydrogen-bond donors (Lipinski definition) is 0. The van der Waals surface area contributed by atoms with Gasteiger partial charge in [0.2, 0.25) is 0 Å². The Balaban J connectivity index is 2.78. The van der Waals surface area contributed by atoms with Crippen LogP contribution in [0.1, 0.15) is 5.69 Å². The van der Waals surface area contributed by atoms with Crippen LogP contribution in [0.15, 0.2) is 35.1 Å². The Morgan fingerprint density at radius 2 is 1.75 bits per heavy atom. The van der Waals surface area contributed by atoms with E-state index < -0.39 is 27.8 Å². The van der Waals surface area contributed by atoms with Crippen LogP contribution in [0, 0.1) is 27.2 Å². The van der Waals surface area contributed by atoms with Crippen LogP contribution in [0.3, 0.4) is 0 Å². The summed E-state index contributed by atoms with van der Waals surface area (Å²) >= 11 is 0. The van der Waals surface area contributed by atoms with Gasteiger partial charge in [-0.15, -0.1) is 0 Å². The monoisotopic (exact) mass is 278 g/mol. The van der Waals surface area contributed by atoms with E-state index in [1.54, 1.807) is 30.3 Å². The third kappa shape index (κ3) is 2.16. The van der Waals surface area contributed by atoms with Crippen LogP contribution in [0.4, 0.5) is 5.69 Å². The van der Waals surface area contributed by atoms with Gasteiger partial charge in [-0.3, -0.25) is 25.0 Å². The van der Waals surface area contributed by atoms with Crippen LogP contribution in [0.2, 0.25) is 0 Å². The first-order valence-corrected chi connectivity index (χ1v) is 5.57. The SMILES string of the molecule is Cc1c([N+](=O)[O-])c(=O)n(-c2ccccc2)n1C[N+](=O)[O-]. The number of benzene rings is 1. The molecule has 0 radical (unpaired) electrons. The van der Waals surface area contributed by atoms with Gasteiger partial charge in [0.15, 0.2) is 0 Å². The Hall–Kier alpha value is -2.97. The highest BCUT2D eigenvalue weighted by molar-refractivity contribution is 5.39. The second-order valence-corrected chi connectivity index (χ2v) is 4.02. The van der Waals surface area contributed by atoms with Crippen molar-refractivity contribution in [3.63, 3.8) is 0 Å².